The fraction of sp³-hybridized carbons (Fsp3) is 0.750. The Morgan fingerprint density at radius 2 is 2.21 bits per heavy atom. The monoisotopic (exact) mass is 267 g/mol. The zero-order valence-electron chi connectivity index (χ0n) is 11.3. The molecule has 0 unspecified atom stereocenters. The molecule has 1 aliphatic heterocycles. The first-order chi connectivity index (χ1) is 9.29. The van der Waals surface area contributed by atoms with Crippen molar-refractivity contribution >= 4 is 5.91 Å². The van der Waals surface area contributed by atoms with Crippen molar-refractivity contribution in [3.05, 3.63) is 12.2 Å². The highest BCUT2D eigenvalue weighted by atomic mass is 16.5. The second kappa shape index (κ2) is 7.20. The highest BCUT2D eigenvalue weighted by Crippen LogP contribution is 2.06. The number of nitrogens with one attached hydrogen (secondary N) is 1. The standard InChI is InChI=1S/C12H21N5O2/c1-2-19-8-3-12(18)17-6-4-16(5-7-17)9-11-13-10-14-15-11/h10H,2-9H2,1H3,(H,13,14,15). The Balaban J connectivity index is 1.68. The maximum atomic E-state index is 11.9. The van der Waals surface area contributed by atoms with Crippen LogP contribution in [-0.2, 0) is 16.1 Å². The van der Waals surface area contributed by atoms with E-state index in [1.807, 2.05) is 11.8 Å². The van der Waals surface area contributed by atoms with Crippen molar-refractivity contribution in [3.63, 3.8) is 0 Å². The molecule has 7 heteroatoms. The summed E-state index contributed by atoms with van der Waals surface area (Å²) in [5.74, 6) is 1.06. The van der Waals surface area contributed by atoms with Gasteiger partial charge in [-0.2, -0.15) is 5.10 Å². The summed E-state index contributed by atoms with van der Waals surface area (Å²) in [5.41, 5.74) is 0. The average Bonchev–Trinajstić information content (AvgIpc) is 2.93. The van der Waals surface area contributed by atoms with Gasteiger partial charge >= 0.3 is 0 Å². The van der Waals surface area contributed by atoms with Gasteiger partial charge in [-0.25, -0.2) is 4.98 Å². The van der Waals surface area contributed by atoms with Gasteiger partial charge in [-0.3, -0.25) is 14.8 Å². The molecule has 1 aliphatic rings. The molecule has 1 saturated heterocycles. The highest BCUT2D eigenvalue weighted by molar-refractivity contribution is 5.76. The lowest BCUT2D eigenvalue weighted by Gasteiger charge is -2.34. The molecule has 0 radical (unpaired) electrons. The molecule has 1 N–H and O–H groups in total. The van der Waals surface area contributed by atoms with Crippen molar-refractivity contribution in [1.29, 1.82) is 0 Å². The third-order valence-electron chi connectivity index (χ3n) is 3.23. The molecule has 2 rings (SSSR count). The highest BCUT2D eigenvalue weighted by Gasteiger charge is 2.21. The Hall–Kier alpha value is -1.47. The number of hydrogen-bond donors (Lipinski definition) is 1. The summed E-state index contributed by atoms with van der Waals surface area (Å²) in [7, 11) is 0. The van der Waals surface area contributed by atoms with Crippen molar-refractivity contribution in [2.24, 2.45) is 0 Å². The lowest BCUT2D eigenvalue weighted by molar-refractivity contribution is -0.134. The van der Waals surface area contributed by atoms with Crippen LogP contribution in [-0.4, -0.2) is 70.3 Å². The normalized spacial score (nSPS) is 16.8. The molecule has 0 spiro atoms. The second-order valence-corrected chi connectivity index (χ2v) is 4.54. The number of hydrogen-bond acceptors (Lipinski definition) is 5. The van der Waals surface area contributed by atoms with Gasteiger partial charge in [-0.1, -0.05) is 0 Å². The van der Waals surface area contributed by atoms with E-state index in [4.69, 9.17) is 4.74 Å². The molecule has 1 fully saturated rings. The summed E-state index contributed by atoms with van der Waals surface area (Å²) < 4.78 is 5.21. The molecule has 1 aromatic heterocycles. The molecular formula is C12H21N5O2. The molecular weight excluding hydrogens is 246 g/mol. The fourth-order valence-electron chi connectivity index (χ4n) is 2.14. The molecule has 1 aromatic rings. The molecule has 0 aliphatic carbocycles. The number of rotatable bonds is 6. The van der Waals surface area contributed by atoms with Gasteiger partial charge in [-0.05, 0) is 6.92 Å². The summed E-state index contributed by atoms with van der Waals surface area (Å²) in [4.78, 5) is 20.2. The maximum Gasteiger partial charge on any atom is 0.224 e. The van der Waals surface area contributed by atoms with Crippen LogP contribution < -0.4 is 0 Å². The summed E-state index contributed by atoms with van der Waals surface area (Å²) in [5, 5.41) is 6.68. The molecule has 7 nitrogen and oxygen atoms in total. The lowest BCUT2D eigenvalue weighted by Crippen LogP contribution is -2.48. The SMILES string of the molecule is CCOCCC(=O)N1CCN(Cc2ncn[nH]2)CC1. The van der Waals surface area contributed by atoms with Crippen molar-refractivity contribution < 1.29 is 9.53 Å². The third-order valence-corrected chi connectivity index (χ3v) is 3.23. The smallest absolute Gasteiger partial charge is 0.224 e. The minimum Gasteiger partial charge on any atom is -0.381 e. The second-order valence-electron chi connectivity index (χ2n) is 4.54. The molecule has 0 saturated carbocycles. The van der Waals surface area contributed by atoms with E-state index in [1.54, 1.807) is 0 Å². The fourth-order valence-corrected chi connectivity index (χ4v) is 2.14. The summed E-state index contributed by atoms with van der Waals surface area (Å²) in [6, 6.07) is 0. The average molecular weight is 267 g/mol. The number of aromatic nitrogens is 3. The van der Waals surface area contributed by atoms with Gasteiger partial charge in [0.05, 0.1) is 19.6 Å². The molecule has 2 heterocycles. The number of aromatic amines is 1. The minimum absolute atomic E-state index is 0.188. The van der Waals surface area contributed by atoms with E-state index in [0.717, 1.165) is 38.5 Å². The maximum absolute atomic E-state index is 11.9. The van der Waals surface area contributed by atoms with Crippen molar-refractivity contribution in [2.45, 2.75) is 19.9 Å². The number of H-pyrrole nitrogens is 1. The third kappa shape index (κ3) is 4.29. The summed E-state index contributed by atoms with van der Waals surface area (Å²) in [6.45, 7) is 7.19. The van der Waals surface area contributed by atoms with Gasteiger partial charge < -0.3 is 9.64 Å². The molecule has 106 valence electrons. The molecule has 0 atom stereocenters. The lowest BCUT2D eigenvalue weighted by atomic mass is 10.3. The van der Waals surface area contributed by atoms with E-state index in [1.165, 1.54) is 6.33 Å². The van der Waals surface area contributed by atoms with Crippen LogP contribution in [0.3, 0.4) is 0 Å². The summed E-state index contributed by atoms with van der Waals surface area (Å²) in [6.07, 6.45) is 2.00. The van der Waals surface area contributed by atoms with Crippen LogP contribution in [0, 0.1) is 0 Å². The molecule has 19 heavy (non-hydrogen) atoms. The van der Waals surface area contributed by atoms with Gasteiger partial charge in [-0.15, -0.1) is 0 Å². The topological polar surface area (TPSA) is 74.3 Å². The van der Waals surface area contributed by atoms with Crippen molar-refractivity contribution in [3.8, 4) is 0 Å². The Morgan fingerprint density at radius 3 is 2.84 bits per heavy atom. The first kappa shape index (κ1) is 14.0. The Kier molecular flexibility index (Phi) is 5.29. The van der Waals surface area contributed by atoms with Crippen LogP contribution in [0.4, 0.5) is 0 Å². The molecule has 1 amide bonds. The van der Waals surface area contributed by atoms with Gasteiger partial charge in [0.2, 0.25) is 5.91 Å². The van der Waals surface area contributed by atoms with E-state index >= 15 is 0 Å². The van der Waals surface area contributed by atoms with Crippen LogP contribution in [0.15, 0.2) is 6.33 Å². The van der Waals surface area contributed by atoms with Gasteiger partial charge in [0.25, 0.3) is 0 Å². The number of carbonyl (C=O) groups is 1. The van der Waals surface area contributed by atoms with E-state index in [9.17, 15) is 4.79 Å². The van der Waals surface area contributed by atoms with Crippen LogP contribution in [0.1, 0.15) is 19.2 Å². The largest absolute Gasteiger partial charge is 0.381 e. The van der Waals surface area contributed by atoms with Gasteiger partial charge in [0.1, 0.15) is 12.2 Å². The van der Waals surface area contributed by atoms with Gasteiger partial charge in [0.15, 0.2) is 0 Å². The predicted octanol–water partition coefficient (Wildman–Crippen LogP) is -0.124. The number of piperazine rings is 1. The summed E-state index contributed by atoms with van der Waals surface area (Å²) >= 11 is 0. The van der Waals surface area contributed by atoms with Gasteiger partial charge in [0, 0.05) is 32.8 Å². The predicted molar refractivity (Wildman–Crippen MR) is 69.3 cm³/mol. The Morgan fingerprint density at radius 1 is 1.42 bits per heavy atom. The van der Waals surface area contributed by atoms with Crippen molar-refractivity contribution in [2.75, 3.05) is 39.4 Å². The molecule has 0 aromatic carbocycles. The number of ether oxygens (including phenoxy) is 1. The van der Waals surface area contributed by atoms with E-state index in [2.05, 4.69) is 20.1 Å². The van der Waals surface area contributed by atoms with Crippen molar-refractivity contribution in [1.82, 2.24) is 25.0 Å². The van der Waals surface area contributed by atoms with E-state index in [0.29, 0.717) is 19.6 Å². The number of nitrogens with zero attached hydrogens (tertiary/aromatic N) is 4. The Bertz CT molecular complexity index is 373. The minimum atomic E-state index is 0.188. The number of carbonyl (C=O) groups excluding carboxylic acids is 1. The van der Waals surface area contributed by atoms with E-state index in [-0.39, 0.29) is 5.91 Å². The number of amides is 1. The first-order valence-electron chi connectivity index (χ1n) is 6.71. The Labute approximate surface area is 112 Å². The van der Waals surface area contributed by atoms with Crippen LogP contribution in [0.5, 0.6) is 0 Å². The van der Waals surface area contributed by atoms with E-state index < -0.39 is 0 Å². The quantitative estimate of drug-likeness (QED) is 0.727. The van der Waals surface area contributed by atoms with Crippen LogP contribution in [0.25, 0.3) is 0 Å². The molecule has 0 bridgehead atoms. The van der Waals surface area contributed by atoms with Crippen LogP contribution >= 0.6 is 0 Å². The van der Waals surface area contributed by atoms with Crippen LogP contribution in [0.2, 0.25) is 0 Å². The zero-order chi connectivity index (χ0) is 13.5. The first-order valence-corrected chi connectivity index (χ1v) is 6.71. The zero-order valence-corrected chi connectivity index (χ0v) is 11.3.